The Hall–Kier alpha value is -0.500. The van der Waals surface area contributed by atoms with Crippen molar-refractivity contribution in [2.24, 2.45) is 5.73 Å². The van der Waals surface area contributed by atoms with E-state index in [1.807, 2.05) is 24.4 Å². The smallest absolute Gasteiger partial charge is 0.106 e. The minimum atomic E-state index is -0.0587. The molecule has 2 unspecified atom stereocenters. The van der Waals surface area contributed by atoms with Crippen molar-refractivity contribution in [3.63, 3.8) is 0 Å². The lowest BCUT2D eigenvalue weighted by atomic mass is 10.1. The van der Waals surface area contributed by atoms with Crippen LogP contribution in [0.1, 0.15) is 17.9 Å². The SMILES string of the molecule is COCCOCCOCCOC(c1cccs1)C(C)N. The Labute approximate surface area is 125 Å². The lowest BCUT2D eigenvalue weighted by molar-refractivity contribution is -0.0211. The maximum atomic E-state index is 5.95. The Morgan fingerprint density at radius 3 is 2.30 bits per heavy atom. The summed E-state index contributed by atoms with van der Waals surface area (Å²) in [5, 5.41) is 2.03. The first-order valence-electron chi connectivity index (χ1n) is 6.80. The monoisotopic (exact) mass is 303 g/mol. The van der Waals surface area contributed by atoms with Gasteiger partial charge in [-0.2, -0.15) is 0 Å². The normalized spacial score (nSPS) is 14.3. The molecule has 1 heterocycles. The van der Waals surface area contributed by atoms with Gasteiger partial charge in [0.05, 0.1) is 39.6 Å². The van der Waals surface area contributed by atoms with Crippen molar-refractivity contribution >= 4 is 11.3 Å². The summed E-state index contributed by atoms with van der Waals surface area (Å²) < 4.78 is 21.4. The Morgan fingerprint density at radius 2 is 1.75 bits per heavy atom. The lowest BCUT2D eigenvalue weighted by Crippen LogP contribution is -2.27. The third-order valence-electron chi connectivity index (χ3n) is 2.63. The van der Waals surface area contributed by atoms with Gasteiger partial charge in [0.2, 0.25) is 0 Å². The van der Waals surface area contributed by atoms with Crippen LogP contribution in [0.25, 0.3) is 0 Å². The molecule has 116 valence electrons. The molecule has 0 amide bonds. The van der Waals surface area contributed by atoms with Gasteiger partial charge in [-0.15, -0.1) is 11.3 Å². The molecule has 0 radical (unpaired) electrons. The number of rotatable bonds is 12. The van der Waals surface area contributed by atoms with Crippen LogP contribution in [-0.4, -0.2) is 52.8 Å². The minimum absolute atomic E-state index is 0.0361. The maximum Gasteiger partial charge on any atom is 0.106 e. The lowest BCUT2D eigenvalue weighted by Gasteiger charge is -2.20. The summed E-state index contributed by atoms with van der Waals surface area (Å²) in [4.78, 5) is 1.16. The predicted molar refractivity (Wildman–Crippen MR) is 80.2 cm³/mol. The standard InChI is InChI=1S/C14H25NO4S/c1-12(15)14(13-4-3-11-20-13)19-10-9-18-8-7-17-6-5-16-2/h3-4,11-12,14H,5-10,15H2,1-2H3. The van der Waals surface area contributed by atoms with Crippen LogP contribution in [0.2, 0.25) is 0 Å². The zero-order chi connectivity index (χ0) is 14.6. The van der Waals surface area contributed by atoms with E-state index in [4.69, 9.17) is 24.7 Å². The van der Waals surface area contributed by atoms with Gasteiger partial charge in [0, 0.05) is 18.0 Å². The first-order chi connectivity index (χ1) is 9.75. The van der Waals surface area contributed by atoms with Gasteiger partial charge in [0.15, 0.2) is 0 Å². The number of methoxy groups -OCH3 is 1. The van der Waals surface area contributed by atoms with Crippen LogP contribution in [0, 0.1) is 0 Å². The Kier molecular flexibility index (Phi) is 9.82. The molecular formula is C14H25NO4S. The highest BCUT2D eigenvalue weighted by Gasteiger charge is 2.17. The highest BCUT2D eigenvalue weighted by atomic mass is 32.1. The summed E-state index contributed by atoms with van der Waals surface area (Å²) in [6, 6.07) is 4.02. The summed E-state index contributed by atoms with van der Waals surface area (Å²) in [5.74, 6) is 0. The quantitative estimate of drug-likeness (QED) is 0.597. The molecule has 0 aliphatic heterocycles. The molecule has 1 aromatic rings. The van der Waals surface area contributed by atoms with Gasteiger partial charge in [-0.3, -0.25) is 0 Å². The van der Waals surface area contributed by atoms with Crippen molar-refractivity contribution in [2.45, 2.75) is 19.1 Å². The second kappa shape index (κ2) is 11.2. The van der Waals surface area contributed by atoms with Gasteiger partial charge < -0.3 is 24.7 Å². The molecule has 6 heteroatoms. The second-order valence-corrected chi connectivity index (χ2v) is 5.36. The van der Waals surface area contributed by atoms with Crippen LogP contribution >= 0.6 is 11.3 Å². The molecule has 5 nitrogen and oxygen atoms in total. The van der Waals surface area contributed by atoms with Gasteiger partial charge in [0.1, 0.15) is 6.10 Å². The molecule has 0 spiro atoms. The molecule has 0 saturated carbocycles. The molecule has 2 N–H and O–H groups in total. The molecule has 20 heavy (non-hydrogen) atoms. The van der Waals surface area contributed by atoms with Crippen molar-refractivity contribution in [2.75, 3.05) is 46.8 Å². The van der Waals surface area contributed by atoms with Gasteiger partial charge in [-0.25, -0.2) is 0 Å². The van der Waals surface area contributed by atoms with Crippen LogP contribution in [0.4, 0.5) is 0 Å². The van der Waals surface area contributed by atoms with E-state index >= 15 is 0 Å². The zero-order valence-electron chi connectivity index (χ0n) is 12.2. The Balaban J connectivity index is 2.04. The number of nitrogens with two attached hydrogens (primary N) is 1. The molecular weight excluding hydrogens is 278 g/mol. The Bertz CT molecular complexity index is 319. The maximum absolute atomic E-state index is 5.95. The van der Waals surface area contributed by atoms with E-state index in [9.17, 15) is 0 Å². The molecule has 0 aromatic carbocycles. The van der Waals surface area contributed by atoms with Crippen molar-refractivity contribution in [1.29, 1.82) is 0 Å². The predicted octanol–water partition coefficient (Wildman–Crippen LogP) is 1.83. The van der Waals surface area contributed by atoms with Gasteiger partial charge in [-0.1, -0.05) is 6.07 Å². The minimum Gasteiger partial charge on any atom is -0.382 e. The number of thiophene rings is 1. The average molecular weight is 303 g/mol. The summed E-state index contributed by atoms with van der Waals surface area (Å²) in [5.41, 5.74) is 5.95. The number of hydrogen-bond donors (Lipinski definition) is 1. The van der Waals surface area contributed by atoms with Crippen LogP contribution in [0.3, 0.4) is 0 Å². The molecule has 1 rings (SSSR count). The van der Waals surface area contributed by atoms with E-state index in [0.29, 0.717) is 39.6 Å². The van der Waals surface area contributed by atoms with E-state index in [2.05, 4.69) is 0 Å². The topological polar surface area (TPSA) is 62.9 Å². The highest BCUT2D eigenvalue weighted by Crippen LogP contribution is 2.24. The molecule has 0 bridgehead atoms. The zero-order valence-corrected chi connectivity index (χ0v) is 13.1. The van der Waals surface area contributed by atoms with Crippen molar-refractivity contribution in [3.05, 3.63) is 22.4 Å². The van der Waals surface area contributed by atoms with Crippen molar-refractivity contribution < 1.29 is 18.9 Å². The first-order valence-corrected chi connectivity index (χ1v) is 7.68. The van der Waals surface area contributed by atoms with Crippen LogP contribution in [0.5, 0.6) is 0 Å². The van der Waals surface area contributed by atoms with Crippen LogP contribution in [0.15, 0.2) is 17.5 Å². The molecule has 0 fully saturated rings. The average Bonchev–Trinajstić information content (AvgIpc) is 2.94. The molecule has 0 aliphatic rings. The van der Waals surface area contributed by atoms with Crippen molar-refractivity contribution in [1.82, 2.24) is 0 Å². The van der Waals surface area contributed by atoms with Crippen LogP contribution < -0.4 is 5.73 Å². The second-order valence-electron chi connectivity index (χ2n) is 4.38. The number of hydrogen-bond acceptors (Lipinski definition) is 6. The molecule has 0 saturated heterocycles. The molecule has 0 aliphatic carbocycles. The fraction of sp³-hybridized carbons (Fsp3) is 0.714. The highest BCUT2D eigenvalue weighted by molar-refractivity contribution is 7.10. The first kappa shape index (κ1) is 17.6. The van der Waals surface area contributed by atoms with E-state index in [1.165, 1.54) is 0 Å². The van der Waals surface area contributed by atoms with Gasteiger partial charge in [-0.05, 0) is 18.4 Å². The third kappa shape index (κ3) is 7.33. The van der Waals surface area contributed by atoms with Crippen molar-refractivity contribution in [3.8, 4) is 0 Å². The molecule has 1 aromatic heterocycles. The fourth-order valence-corrected chi connectivity index (χ4v) is 2.53. The number of ether oxygens (including phenoxy) is 4. The summed E-state index contributed by atoms with van der Waals surface area (Å²) >= 11 is 1.66. The van der Waals surface area contributed by atoms with Gasteiger partial charge >= 0.3 is 0 Å². The summed E-state index contributed by atoms with van der Waals surface area (Å²) in [6.45, 7) is 5.38. The molecule has 2 atom stereocenters. The van der Waals surface area contributed by atoms with E-state index in [1.54, 1.807) is 18.4 Å². The van der Waals surface area contributed by atoms with Crippen LogP contribution in [-0.2, 0) is 18.9 Å². The summed E-state index contributed by atoms with van der Waals surface area (Å²) in [7, 11) is 1.65. The van der Waals surface area contributed by atoms with E-state index in [0.717, 1.165) is 4.88 Å². The van der Waals surface area contributed by atoms with E-state index < -0.39 is 0 Å². The van der Waals surface area contributed by atoms with E-state index in [-0.39, 0.29) is 12.1 Å². The Morgan fingerprint density at radius 1 is 1.10 bits per heavy atom. The fourth-order valence-electron chi connectivity index (χ4n) is 1.64. The third-order valence-corrected chi connectivity index (χ3v) is 3.56. The largest absolute Gasteiger partial charge is 0.382 e. The summed E-state index contributed by atoms with van der Waals surface area (Å²) in [6.07, 6.45) is -0.0587. The van der Waals surface area contributed by atoms with Gasteiger partial charge in [0.25, 0.3) is 0 Å².